The fraction of sp³-hybridized carbons (Fsp3) is 0.174. The molecule has 3 aromatic heterocycles. The van der Waals surface area contributed by atoms with Crippen LogP contribution in [0.15, 0.2) is 65.6 Å². The first-order valence-corrected chi connectivity index (χ1v) is 10.2. The molecule has 0 saturated carbocycles. The first-order valence-electron chi connectivity index (χ1n) is 10.2. The van der Waals surface area contributed by atoms with Crippen LogP contribution in [-0.2, 0) is 13.5 Å². The van der Waals surface area contributed by atoms with Crippen LogP contribution in [0.25, 0.3) is 17.0 Å². The van der Waals surface area contributed by atoms with E-state index in [2.05, 4.69) is 20.2 Å². The molecule has 0 fully saturated rings. The molecule has 0 bridgehead atoms. The Balaban J connectivity index is 1.45. The minimum Gasteiger partial charge on any atom is -0.292 e. The second-order valence-corrected chi connectivity index (χ2v) is 7.73. The maximum Gasteiger partial charge on any atom is 0.433 e. The second-order valence-electron chi connectivity index (χ2n) is 7.73. The van der Waals surface area contributed by atoms with Crippen LogP contribution in [-0.4, -0.2) is 42.0 Å². The third-order valence-electron chi connectivity index (χ3n) is 5.43. The third-order valence-corrected chi connectivity index (χ3v) is 5.43. The predicted octanol–water partition coefficient (Wildman–Crippen LogP) is 4.33. The number of halogens is 4. The summed E-state index contributed by atoms with van der Waals surface area (Å²) in [6.07, 6.45) is -1.60. The zero-order valence-corrected chi connectivity index (χ0v) is 17.7. The Morgan fingerprint density at radius 2 is 1.94 bits per heavy atom. The van der Waals surface area contributed by atoms with Gasteiger partial charge in [0.05, 0.1) is 18.1 Å². The molecule has 0 N–H and O–H groups in total. The Morgan fingerprint density at radius 1 is 1.18 bits per heavy atom. The summed E-state index contributed by atoms with van der Waals surface area (Å²) < 4.78 is 56.2. The SMILES string of the molecule is Cn1ncc(C2=NC(C(F)(F)F)=CC2)c1C(=O)Cc1cc2nc(-c3ccccc3)nn2cc1F. The molecule has 11 heteroatoms. The van der Waals surface area contributed by atoms with Crippen LogP contribution in [0.2, 0.25) is 0 Å². The summed E-state index contributed by atoms with van der Waals surface area (Å²) in [5.74, 6) is -0.762. The maximum absolute atomic E-state index is 14.8. The number of carbonyl (C=O) groups excluding carboxylic acids is 1. The molecule has 5 rings (SSSR count). The molecule has 0 unspecified atom stereocenters. The van der Waals surface area contributed by atoms with E-state index in [0.717, 1.165) is 17.8 Å². The van der Waals surface area contributed by atoms with Gasteiger partial charge in [-0.2, -0.15) is 18.3 Å². The number of pyridine rings is 1. The van der Waals surface area contributed by atoms with Gasteiger partial charge in [0.25, 0.3) is 0 Å². The molecule has 0 atom stereocenters. The number of ketones is 1. The van der Waals surface area contributed by atoms with Crippen LogP contribution in [0.1, 0.15) is 28.0 Å². The van der Waals surface area contributed by atoms with Gasteiger partial charge < -0.3 is 0 Å². The van der Waals surface area contributed by atoms with Crippen LogP contribution >= 0.6 is 0 Å². The molecule has 7 nitrogen and oxygen atoms in total. The zero-order chi connectivity index (χ0) is 24.0. The molecule has 4 aromatic rings. The van der Waals surface area contributed by atoms with E-state index in [1.165, 1.54) is 28.5 Å². The van der Waals surface area contributed by atoms with E-state index < -0.39 is 23.5 Å². The van der Waals surface area contributed by atoms with Crippen LogP contribution in [0.3, 0.4) is 0 Å². The molecule has 4 heterocycles. The van der Waals surface area contributed by atoms with E-state index >= 15 is 0 Å². The highest BCUT2D eigenvalue weighted by molar-refractivity contribution is 6.12. The summed E-state index contributed by atoms with van der Waals surface area (Å²) in [6, 6.07) is 10.6. The summed E-state index contributed by atoms with van der Waals surface area (Å²) in [5.41, 5.74) is 0.520. The van der Waals surface area contributed by atoms with Gasteiger partial charge in [0.2, 0.25) is 0 Å². The average molecular weight is 468 g/mol. The van der Waals surface area contributed by atoms with E-state index in [1.807, 2.05) is 30.3 Å². The summed E-state index contributed by atoms with van der Waals surface area (Å²) in [6.45, 7) is 0. The van der Waals surface area contributed by atoms with Gasteiger partial charge in [0.15, 0.2) is 17.3 Å². The zero-order valence-electron chi connectivity index (χ0n) is 17.7. The Morgan fingerprint density at radius 3 is 2.65 bits per heavy atom. The molecule has 34 heavy (non-hydrogen) atoms. The van der Waals surface area contributed by atoms with E-state index in [0.29, 0.717) is 11.5 Å². The summed E-state index contributed by atoms with van der Waals surface area (Å²) in [4.78, 5) is 21.1. The van der Waals surface area contributed by atoms with Crippen molar-refractivity contribution < 1.29 is 22.4 Å². The smallest absolute Gasteiger partial charge is 0.292 e. The molecular weight excluding hydrogens is 452 g/mol. The largest absolute Gasteiger partial charge is 0.433 e. The molecule has 0 radical (unpaired) electrons. The van der Waals surface area contributed by atoms with E-state index in [9.17, 15) is 22.4 Å². The van der Waals surface area contributed by atoms with Crippen LogP contribution in [0.5, 0.6) is 0 Å². The van der Waals surface area contributed by atoms with Gasteiger partial charge in [-0.05, 0) is 12.1 Å². The van der Waals surface area contributed by atoms with Gasteiger partial charge in [-0.15, -0.1) is 5.10 Å². The molecule has 1 aromatic carbocycles. The second kappa shape index (κ2) is 8.01. The lowest BCUT2D eigenvalue weighted by molar-refractivity contribution is -0.0921. The highest BCUT2D eigenvalue weighted by Crippen LogP contribution is 2.32. The topological polar surface area (TPSA) is 77.4 Å². The first kappa shape index (κ1) is 21.7. The molecule has 0 spiro atoms. The fourth-order valence-corrected chi connectivity index (χ4v) is 3.80. The molecule has 0 amide bonds. The average Bonchev–Trinajstić information content (AvgIpc) is 3.52. The van der Waals surface area contributed by atoms with Gasteiger partial charge in [-0.1, -0.05) is 30.3 Å². The van der Waals surface area contributed by atoms with Crippen molar-refractivity contribution in [2.75, 3.05) is 0 Å². The predicted molar refractivity (Wildman–Crippen MR) is 115 cm³/mol. The number of fused-ring (bicyclic) bond motifs is 1. The number of nitrogens with zero attached hydrogens (tertiary/aromatic N) is 6. The van der Waals surface area contributed by atoms with Gasteiger partial charge in [0, 0.05) is 36.6 Å². The summed E-state index contributed by atoms with van der Waals surface area (Å²) in [7, 11) is 1.49. The number of hydrogen-bond donors (Lipinski definition) is 0. The summed E-state index contributed by atoms with van der Waals surface area (Å²) >= 11 is 0. The van der Waals surface area contributed by atoms with Crippen LogP contribution in [0.4, 0.5) is 17.6 Å². The number of aromatic nitrogens is 5. The molecule has 1 aliphatic rings. The standard InChI is InChI=1S/C23H16F4N6O/c1-32-21(15(11-28-32)17-7-8-19(29-17)23(25,26)27)18(34)9-14-10-20-30-22(13-5-3-2-4-6-13)31-33(20)12-16(14)24/h2-6,8,10-12H,7,9H2,1H3. The monoisotopic (exact) mass is 468 g/mol. The number of alkyl halides is 3. The number of allylic oxidation sites excluding steroid dienone is 2. The van der Waals surface area contributed by atoms with Crippen molar-refractivity contribution >= 4 is 17.1 Å². The molecule has 172 valence electrons. The molecule has 0 aliphatic carbocycles. The van der Waals surface area contributed by atoms with Crippen molar-refractivity contribution in [2.24, 2.45) is 12.0 Å². The molecule has 0 saturated heterocycles. The fourth-order valence-electron chi connectivity index (χ4n) is 3.80. The lowest BCUT2D eigenvalue weighted by Crippen LogP contribution is -2.15. The lowest BCUT2D eigenvalue weighted by atomic mass is 10.0. The van der Waals surface area contributed by atoms with E-state index in [4.69, 9.17) is 0 Å². The lowest BCUT2D eigenvalue weighted by Gasteiger charge is -2.07. The highest BCUT2D eigenvalue weighted by atomic mass is 19.4. The van der Waals surface area contributed by atoms with E-state index in [1.54, 1.807) is 0 Å². The Bertz CT molecular complexity index is 1480. The Hall–Kier alpha value is -4.15. The number of aliphatic imine (C=N–C) groups is 1. The number of rotatable bonds is 5. The van der Waals surface area contributed by atoms with Gasteiger partial charge in [0.1, 0.15) is 17.2 Å². The van der Waals surface area contributed by atoms with Crippen molar-refractivity contribution in [3.63, 3.8) is 0 Å². The molecular formula is C23H16F4N6O. The van der Waals surface area contributed by atoms with Crippen molar-refractivity contribution in [3.8, 4) is 11.4 Å². The van der Waals surface area contributed by atoms with Crippen LogP contribution < -0.4 is 0 Å². The van der Waals surface area contributed by atoms with Crippen molar-refractivity contribution in [3.05, 3.63) is 83.2 Å². The molecule has 1 aliphatic heterocycles. The van der Waals surface area contributed by atoms with Gasteiger partial charge in [-0.3, -0.25) is 9.48 Å². The first-order chi connectivity index (χ1) is 16.2. The van der Waals surface area contributed by atoms with Crippen molar-refractivity contribution in [1.82, 2.24) is 24.4 Å². The maximum atomic E-state index is 14.8. The minimum atomic E-state index is -4.58. The third kappa shape index (κ3) is 3.89. The Kier molecular flexibility index (Phi) is 5.11. The minimum absolute atomic E-state index is 0.0567. The van der Waals surface area contributed by atoms with Crippen molar-refractivity contribution in [2.45, 2.75) is 19.0 Å². The summed E-state index contributed by atoms with van der Waals surface area (Å²) in [5, 5.41) is 8.29. The van der Waals surface area contributed by atoms with Crippen molar-refractivity contribution in [1.29, 1.82) is 0 Å². The number of benzene rings is 1. The quantitative estimate of drug-likeness (QED) is 0.323. The van der Waals surface area contributed by atoms with E-state index in [-0.39, 0.29) is 35.4 Å². The van der Waals surface area contributed by atoms with Crippen LogP contribution in [0, 0.1) is 5.82 Å². The normalized spacial score (nSPS) is 13.9. The number of aryl methyl sites for hydroxylation is 1. The number of hydrogen-bond acceptors (Lipinski definition) is 5. The number of Topliss-reactive ketones (excluding diaryl/α,β-unsaturated/α-hetero) is 1. The number of carbonyl (C=O) groups is 1. The highest BCUT2D eigenvalue weighted by Gasteiger charge is 2.37. The van der Waals surface area contributed by atoms with Gasteiger partial charge in [-0.25, -0.2) is 18.9 Å². The Labute approximate surface area is 190 Å². The van der Waals surface area contributed by atoms with Gasteiger partial charge >= 0.3 is 6.18 Å².